The molecule has 0 aromatic heterocycles. The van der Waals surface area contributed by atoms with E-state index in [-0.39, 0.29) is 12.2 Å². The molecule has 0 fully saturated rings. The molecule has 0 aliphatic heterocycles. The molecule has 0 saturated carbocycles. The van der Waals surface area contributed by atoms with Gasteiger partial charge in [-0.15, -0.1) is 0 Å². The zero-order chi connectivity index (χ0) is 27.5. The Bertz CT molecular complexity index is 1290. The summed E-state index contributed by atoms with van der Waals surface area (Å²) in [5.41, 5.74) is 14.0. The van der Waals surface area contributed by atoms with E-state index in [1.54, 1.807) is 72.8 Å². The highest BCUT2D eigenvalue weighted by Crippen LogP contribution is 2.41. The van der Waals surface area contributed by atoms with E-state index < -0.39 is 17.4 Å². The number of carboxylic acid groups (broad SMARTS) is 2. The van der Waals surface area contributed by atoms with Crippen LogP contribution in [0.25, 0.3) is 6.08 Å². The van der Waals surface area contributed by atoms with Crippen LogP contribution in [-0.2, 0) is 15.0 Å². The van der Waals surface area contributed by atoms with Crippen molar-refractivity contribution >= 4 is 35.2 Å². The van der Waals surface area contributed by atoms with Gasteiger partial charge in [0.05, 0.1) is 0 Å². The van der Waals surface area contributed by atoms with Gasteiger partial charge in [0.1, 0.15) is 5.41 Å². The van der Waals surface area contributed by atoms with Crippen molar-refractivity contribution < 1.29 is 24.6 Å². The molecule has 6 N–H and O–H groups in total. The smallest absolute Gasteiger partial charge is 0.318 e. The molecule has 7 heteroatoms. The highest BCUT2D eigenvalue weighted by Gasteiger charge is 2.43. The van der Waals surface area contributed by atoms with Gasteiger partial charge in [-0.3, -0.25) is 14.4 Å². The summed E-state index contributed by atoms with van der Waals surface area (Å²) in [6.07, 6.45) is 7.25. The number of nitrogen functional groups attached to an aromatic ring is 2. The molecule has 38 heavy (non-hydrogen) atoms. The first-order valence-electron chi connectivity index (χ1n) is 12.7. The molecule has 0 aliphatic rings. The van der Waals surface area contributed by atoms with Gasteiger partial charge in [0.2, 0.25) is 0 Å². The van der Waals surface area contributed by atoms with Gasteiger partial charge in [-0.2, -0.15) is 0 Å². The third-order valence-corrected chi connectivity index (χ3v) is 6.73. The van der Waals surface area contributed by atoms with Gasteiger partial charge in [-0.1, -0.05) is 92.4 Å². The summed E-state index contributed by atoms with van der Waals surface area (Å²) in [6, 6.07) is 21.0. The van der Waals surface area contributed by atoms with Gasteiger partial charge >= 0.3 is 11.9 Å². The molecule has 0 spiro atoms. The van der Waals surface area contributed by atoms with Crippen LogP contribution in [0.2, 0.25) is 0 Å². The Balaban J connectivity index is 1.85. The molecule has 3 aromatic carbocycles. The van der Waals surface area contributed by atoms with Gasteiger partial charge in [-0.25, -0.2) is 0 Å². The molecule has 7 nitrogen and oxygen atoms in total. The number of aliphatic carboxylic acids is 2. The number of unbranched alkanes of at least 4 members (excludes halogenated alkanes) is 4. The molecule has 3 aromatic rings. The zero-order valence-corrected chi connectivity index (χ0v) is 21.3. The summed E-state index contributed by atoms with van der Waals surface area (Å²) in [6.45, 7) is 0. The van der Waals surface area contributed by atoms with E-state index in [4.69, 9.17) is 16.6 Å². The number of hydrogen-bond acceptors (Lipinski definition) is 5. The lowest BCUT2D eigenvalue weighted by Gasteiger charge is -2.32. The first kappa shape index (κ1) is 28.2. The van der Waals surface area contributed by atoms with Crippen LogP contribution in [0.3, 0.4) is 0 Å². The lowest BCUT2D eigenvalue weighted by atomic mass is 9.70. The van der Waals surface area contributed by atoms with E-state index in [1.165, 1.54) is 6.08 Å². The number of allylic oxidation sites excluding steroid dienone is 1. The van der Waals surface area contributed by atoms with Gasteiger partial charge in [0.15, 0.2) is 5.78 Å². The lowest BCUT2D eigenvalue weighted by Crippen LogP contribution is -2.38. The maximum atomic E-state index is 12.9. The van der Waals surface area contributed by atoms with Crippen LogP contribution in [0, 0.1) is 0 Å². The van der Waals surface area contributed by atoms with E-state index in [0.717, 1.165) is 24.8 Å². The number of hydrogen-bond donors (Lipinski definition) is 4. The van der Waals surface area contributed by atoms with Crippen molar-refractivity contribution in [2.75, 3.05) is 11.5 Å². The number of carbonyl (C=O) groups is 3. The van der Waals surface area contributed by atoms with E-state index in [9.17, 15) is 19.5 Å². The quantitative estimate of drug-likeness (QED) is 0.0903. The molecule has 3 rings (SSSR count). The number of nitrogens with two attached hydrogens (primary N) is 2. The molecule has 0 heterocycles. The van der Waals surface area contributed by atoms with Crippen molar-refractivity contribution in [1.82, 2.24) is 0 Å². The molecule has 1 unspecified atom stereocenters. The second kappa shape index (κ2) is 13.2. The topological polar surface area (TPSA) is 144 Å². The third-order valence-electron chi connectivity index (χ3n) is 6.73. The molecule has 0 aliphatic carbocycles. The summed E-state index contributed by atoms with van der Waals surface area (Å²) in [5, 5.41) is 19.4. The molecule has 0 bridgehead atoms. The van der Waals surface area contributed by atoms with E-state index in [1.807, 2.05) is 6.07 Å². The van der Waals surface area contributed by atoms with E-state index >= 15 is 0 Å². The highest BCUT2D eigenvalue weighted by atomic mass is 16.4. The Labute approximate surface area is 222 Å². The van der Waals surface area contributed by atoms with Crippen molar-refractivity contribution in [3.8, 4) is 0 Å². The SMILES string of the molecule is Nc1ccc(C(CCCCCCCC(=O)O)(C(=O)O)c2ccc(/C=C/C(=O)c3ccccc3)cc2)c(N)c1. The summed E-state index contributed by atoms with van der Waals surface area (Å²) >= 11 is 0. The highest BCUT2D eigenvalue weighted by molar-refractivity contribution is 6.06. The molecule has 0 radical (unpaired) electrons. The third kappa shape index (κ3) is 7.09. The summed E-state index contributed by atoms with van der Waals surface area (Å²) < 4.78 is 0. The number of ketones is 1. The largest absolute Gasteiger partial charge is 0.481 e. The summed E-state index contributed by atoms with van der Waals surface area (Å²) in [5.74, 6) is -1.94. The van der Waals surface area contributed by atoms with Crippen LogP contribution >= 0.6 is 0 Å². The zero-order valence-electron chi connectivity index (χ0n) is 21.3. The van der Waals surface area contributed by atoms with Crippen molar-refractivity contribution in [2.24, 2.45) is 0 Å². The summed E-state index contributed by atoms with van der Waals surface area (Å²) in [7, 11) is 0. The lowest BCUT2D eigenvalue weighted by molar-refractivity contribution is -0.142. The van der Waals surface area contributed by atoms with Crippen molar-refractivity contribution in [2.45, 2.75) is 50.4 Å². The van der Waals surface area contributed by atoms with Crippen LogP contribution in [0.1, 0.15) is 72.0 Å². The van der Waals surface area contributed by atoms with Crippen LogP contribution in [0.15, 0.2) is 78.9 Å². The number of carboxylic acids is 2. The fourth-order valence-corrected chi connectivity index (χ4v) is 4.70. The molecular weight excluding hydrogens is 480 g/mol. The van der Waals surface area contributed by atoms with Crippen molar-refractivity contribution in [3.63, 3.8) is 0 Å². The minimum atomic E-state index is -1.39. The number of carbonyl (C=O) groups excluding carboxylic acids is 1. The minimum Gasteiger partial charge on any atom is -0.481 e. The van der Waals surface area contributed by atoms with Crippen LogP contribution < -0.4 is 11.5 Å². The van der Waals surface area contributed by atoms with E-state index in [2.05, 4.69) is 0 Å². The standard InChI is InChI=1S/C31H34N2O5/c32-25-17-18-26(27(33)21-25)31(30(37)38,20-8-3-1-2-7-11-29(35)36)24-15-12-22(13-16-24)14-19-28(34)23-9-5-4-6-10-23/h4-6,9-10,12-19,21H,1-3,7-8,11,20,32-33H2,(H,35,36)(H,37,38)/b19-14+. The van der Waals surface area contributed by atoms with Gasteiger partial charge < -0.3 is 21.7 Å². The first-order valence-corrected chi connectivity index (χ1v) is 12.7. The average Bonchev–Trinajstić information content (AvgIpc) is 2.90. The Morgan fingerprint density at radius 1 is 0.789 bits per heavy atom. The van der Waals surface area contributed by atoms with Gasteiger partial charge in [-0.05, 0) is 47.7 Å². The molecule has 198 valence electrons. The molecular formula is C31H34N2O5. The summed E-state index contributed by atoms with van der Waals surface area (Å²) in [4.78, 5) is 36.1. The van der Waals surface area contributed by atoms with E-state index in [0.29, 0.717) is 47.3 Å². The molecule has 0 saturated heterocycles. The average molecular weight is 515 g/mol. The second-order valence-electron chi connectivity index (χ2n) is 9.40. The number of benzene rings is 3. The fourth-order valence-electron chi connectivity index (χ4n) is 4.70. The van der Waals surface area contributed by atoms with Gasteiger partial charge in [0.25, 0.3) is 0 Å². The maximum Gasteiger partial charge on any atom is 0.318 e. The number of anilines is 2. The van der Waals surface area contributed by atoms with Crippen LogP contribution in [-0.4, -0.2) is 27.9 Å². The Kier molecular flexibility index (Phi) is 9.82. The Morgan fingerprint density at radius 2 is 1.45 bits per heavy atom. The Hall–Kier alpha value is -4.39. The molecule has 0 amide bonds. The fraction of sp³-hybridized carbons (Fsp3) is 0.258. The van der Waals surface area contributed by atoms with Crippen molar-refractivity contribution in [3.05, 3.63) is 101 Å². The normalized spacial score (nSPS) is 12.7. The number of rotatable bonds is 14. The predicted octanol–water partition coefficient (Wildman–Crippen LogP) is 5.93. The van der Waals surface area contributed by atoms with Crippen LogP contribution in [0.5, 0.6) is 0 Å². The second-order valence-corrected chi connectivity index (χ2v) is 9.40. The minimum absolute atomic E-state index is 0.118. The monoisotopic (exact) mass is 514 g/mol. The van der Waals surface area contributed by atoms with Crippen molar-refractivity contribution in [1.29, 1.82) is 0 Å². The maximum absolute atomic E-state index is 12.9. The van der Waals surface area contributed by atoms with Gasteiger partial charge in [0, 0.05) is 23.4 Å². The Morgan fingerprint density at radius 3 is 2.08 bits per heavy atom. The first-order chi connectivity index (χ1) is 18.2. The predicted molar refractivity (Wildman–Crippen MR) is 150 cm³/mol. The molecule has 1 atom stereocenters. The van der Waals surface area contributed by atoms with Crippen LogP contribution in [0.4, 0.5) is 11.4 Å².